The number of hydrogen-bond donors (Lipinski definition) is 2. The van der Waals surface area contributed by atoms with Crippen LogP contribution in [0.3, 0.4) is 0 Å². The molecule has 7 nitrogen and oxygen atoms in total. The first-order valence-corrected chi connectivity index (χ1v) is 11.5. The standard InChI is InChI=1S/C25H32N6O/c1-30(11-9-22-6-2-3-10-27-22)17-21-18-31-12-8-20(21)14-24(31)16-28-25(32)29-23-7-4-5-19(13-23)15-26/h2-7,10,13,20-21,24H,8-9,11-12,14,16-18H2,1H3,(H2,28,29,32). The Hall–Kier alpha value is -2.95. The molecule has 3 aliphatic rings. The van der Waals surface area contributed by atoms with Crippen LogP contribution in [0.25, 0.3) is 0 Å². The van der Waals surface area contributed by atoms with E-state index in [1.54, 1.807) is 24.3 Å². The van der Waals surface area contributed by atoms with Crippen LogP contribution >= 0.6 is 0 Å². The molecule has 4 unspecified atom stereocenters. The van der Waals surface area contributed by atoms with Crippen molar-refractivity contribution in [2.24, 2.45) is 11.8 Å². The van der Waals surface area contributed by atoms with Crippen LogP contribution in [0, 0.1) is 23.2 Å². The molecule has 2 N–H and O–H groups in total. The Kier molecular flexibility index (Phi) is 7.35. The first-order chi connectivity index (χ1) is 15.6. The normalized spacial score (nSPS) is 24.2. The second-order valence-corrected chi connectivity index (χ2v) is 9.05. The van der Waals surface area contributed by atoms with Crippen LogP contribution < -0.4 is 10.6 Å². The molecular formula is C25H32N6O. The zero-order valence-corrected chi connectivity index (χ0v) is 18.7. The van der Waals surface area contributed by atoms with Crippen molar-refractivity contribution in [1.82, 2.24) is 20.1 Å². The number of anilines is 1. The lowest BCUT2D eigenvalue weighted by Gasteiger charge is -2.50. The highest BCUT2D eigenvalue weighted by Crippen LogP contribution is 2.36. The summed E-state index contributed by atoms with van der Waals surface area (Å²) >= 11 is 0. The second kappa shape index (κ2) is 10.6. The van der Waals surface area contributed by atoms with E-state index in [2.05, 4.69) is 44.6 Å². The molecule has 4 heterocycles. The van der Waals surface area contributed by atoms with Crippen LogP contribution in [0.1, 0.15) is 24.1 Å². The predicted octanol–water partition coefficient (Wildman–Crippen LogP) is 2.96. The largest absolute Gasteiger partial charge is 0.336 e. The zero-order valence-electron chi connectivity index (χ0n) is 18.7. The van der Waals surface area contributed by atoms with Gasteiger partial charge >= 0.3 is 6.03 Å². The van der Waals surface area contributed by atoms with Crippen molar-refractivity contribution in [3.63, 3.8) is 0 Å². The number of piperidine rings is 3. The van der Waals surface area contributed by atoms with Crippen molar-refractivity contribution in [2.45, 2.75) is 25.3 Å². The van der Waals surface area contributed by atoms with E-state index in [1.165, 1.54) is 6.42 Å². The topological polar surface area (TPSA) is 84.3 Å². The van der Waals surface area contributed by atoms with Crippen molar-refractivity contribution in [1.29, 1.82) is 5.26 Å². The van der Waals surface area contributed by atoms with Crippen LogP contribution in [0.2, 0.25) is 0 Å². The molecule has 2 bridgehead atoms. The maximum atomic E-state index is 12.3. The molecule has 1 aromatic carbocycles. The van der Waals surface area contributed by atoms with E-state index in [0.717, 1.165) is 50.6 Å². The maximum absolute atomic E-state index is 12.3. The molecule has 0 aliphatic carbocycles. The number of fused-ring (bicyclic) bond motifs is 3. The smallest absolute Gasteiger partial charge is 0.319 e. The number of nitriles is 1. The number of amides is 2. The Labute approximate surface area is 190 Å². The van der Waals surface area contributed by atoms with Gasteiger partial charge in [0.25, 0.3) is 0 Å². The van der Waals surface area contributed by atoms with E-state index < -0.39 is 0 Å². The molecule has 7 heteroatoms. The van der Waals surface area contributed by atoms with Gasteiger partial charge < -0.3 is 15.5 Å². The monoisotopic (exact) mass is 432 g/mol. The zero-order chi connectivity index (χ0) is 22.3. The van der Waals surface area contributed by atoms with Crippen molar-refractivity contribution < 1.29 is 4.79 Å². The van der Waals surface area contributed by atoms with Crippen LogP contribution in [0.4, 0.5) is 10.5 Å². The van der Waals surface area contributed by atoms with Crippen molar-refractivity contribution in [2.75, 3.05) is 45.1 Å². The van der Waals surface area contributed by atoms with E-state index in [9.17, 15) is 4.79 Å². The number of benzene rings is 1. The van der Waals surface area contributed by atoms with Crippen molar-refractivity contribution in [3.8, 4) is 6.07 Å². The quantitative estimate of drug-likeness (QED) is 0.670. The minimum Gasteiger partial charge on any atom is -0.336 e. The fraction of sp³-hybridized carbons (Fsp3) is 0.480. The molecule has 3 saturated heterocycles. The minimum absolute atomic E-state index is 0.214. The number of urea groups is 1. The summed E-state index contributed by atoms with van der Waals surface area (Å²) in [6.45, 7) is 5.03. The highest BCUT2D eigenvalue weighted by atomic mass is 16.2. The van der Waals surface area contributed by atoms with Crippen LogP contribution in [0.5, 0.6) is 0 Å². The van der Waals surface area contributed by atoms with Crippen LogP contribution in [-0.2, 0) is 6.42 Å². The molecule has 32 heavy (non-hydrogen) atoms. The fourth-order valence-electron chi connectivity index (χ4n) is 5.06. The third kappa shape index (κ3) is 5.84. The lowest BCUT2D eigenvalue weighted by Crippen LogP contribution is -2.58. The van der Waals surface area contributed by atoms with Gasteiger partial charge in [-0.3, -0.25) is 9.88 Å². The number of nitrogens with one attached hydrogen (secondary N) is 2. The van der Waals surface area contributed by atoms with Gasteiger partial charge in [-0.2, -0.15) is 5.26 Å². The Morgan fingerprint density at radius 1 is 1.31 bits per heavy atom. The summed E-state index contributed by atoms with van der Waals surface area (Å²) in [7, 11) is 2.21. The summed E-state index contributed by atoms with van der Waals surface area (Å²) in [6.07, 6.45) is 5.24. The first kappa shape index (κ1) is 22.3. The van der Waals surface area contributed by atoms with Gasteiger partial charge in [0.2, 0.25) is 0 Å². The molecule has 1 aromatic heterocycles. The Bertz CT molecular complexity index is 943. The highest BCUT2D eigenvalue weighted by Gasteiger charge is 2.40. The first-order valence-electron chi connectivity index (χ1n) is 11.5. The SMILES string of the molecule is CN(CCc1ccccn1)CC1CN2CCC1CC2CNC(=O)Nc1cccc(C#N)c1. The maximum Gasteiger partial charge on any atom is 0.319 e. The summed E-state index contributed by atoms with van der Waals surface area (Å²) in [4.78, 5) is 21.7. The number of pyridine rings is 1. The van der Waals surface area contributed by atoms with Gasteiger partial charge in [-0.05, 0) is 68.6 Å². The molecule has 0 spiro atoms. The number of aromatic nitrogens is 1. The van der Waals surface area contributed by atoms with E-state index in [4.69, 9.17) is 5.26 Å². The van der Waals surface area contributed by atoms with Gasteiger partial charge in [0.15, 0.2) is 0 Å². The van der Waals surface area contributed by atoms with Crippen LogP contribution in [0.15, 0.2) is 48.7 Å². The van der Waals surface area contributed by atoms with E-state index in [-0.39, 0.29) is 6.03 Å². The third-order valence-electron chi connectivity index (χ3n) is 6.78. The molecule has 2 aromatic rings. The average molecular weight is 433 g/mol. The molecular weight excluding hydrogens is 400 g/mol. The second-order valence-electron chi connectivity index (χ2n) is 9.05. The summed E-state index contributed by atoms with van der Waals surface area (Å²) in [6, 6.07) is 15.4. The summed E-state index contributed by atoms with van der Waals surface area (Å²) in [5.74, 6) is 1.41. The molecule has 0 radical (unpaired) electrons. The number of carbonyl (C=O) groups is 1. The van der Waals surface area contributed by atoms with E-state index in [1.807, 2.05) is 18.3 Å². The van der Waals surface area contributed by atoms with Crippen molar-refractivity contribution >= 4 is 11.7 Å². The lowest BCUT2D eigenvalue weighted by atomic mass is 9.75. The lowest BCUT2D eigenvalue weighted by molar-refractivity contribution is -0.00803. The van der Waals surface area contributed by atoms with Gasteiger partial charge in [-0.25, -0.2) is 4.79 Å². The van der Waals surface area contributed by atoms with Gasteiger partial charge in [-0.15, -0.1) is 0 Å². The summed E-state index contributed by atoms with van der Waals surface area (Å²) in [5.41, 5.74) is 2.33. The molecule has 0 saturated carbocycles. The molecule has 3 aliphatic heterocycles. The molecule has 2 amide bonds. The molecule has 168 valence electrons. The van der Waals surface area contributed by atoms with Crippen LogP contribution in [-0.4, -0.2) is 66.6 Å². The van der Waals surface area contributed by atoms with Gasteiger partial charge in [0.1, 0.15) is 0 Å². The number of rotatable bonds is 8. The fourth-order valence-corrected chi connectivity index (χ4v) is 5.06. The van der Waals surface area contributed by atoms with Crippen molar-refractivity contribution in [3.05, 3.63) is 59.9 Å². The summed E-state index contributed by atoms with van der Waals surface area (Å²) in [5, 5.41) is 14.9. The Morgan fingerprint density at radius 3 is 2.97 bits per heavy atom. The van der Waals surface area contributed by atoms with Gasteiger partial charge in [-0.1, -0.05) is 12.1 Å². The molecule has 3 fully saturated rings. The van der Waals surface area contributed by atoms with E-state index >= 15 is 0 Å². The Morgan fingerprint density at radius 2 is 2.22 bits per heavy atom. The van der Waals surface area contributed by atoms with E-state index in [0.29, 0.717) is 29.8 Å². The number of likely N-dealkylation sites (N-methyl/N-ethyl adjacent to an activating group) is 1. The van der Waals surface area contributed by atoms with Gasteiger partial charge in [0.05, 0.1) is 11.6 Å². The summed E-state index contributed by atoms with van der Waals surface area (Å²) < 4.78 is 0. The Balaban J connectivity index is 1.20. The highest BCUT2D eigenvalue weighted by molar-refractivity contribution is 5.89. The number of hydrogen-bond acceptors (Lipinski definition) is 5. The molecule has 4 atom stereocenters. The van der Waals surface area contributed by atoms with Gasteiger partial charge in [0, 0.05) is 56.2 Å². The molecule has 5 rings (SSSR count). The average Bonchev–Trinajstić information content (AvgIpc) is 2.83. The number of nitrogens with zero attached hydrogens (tertiary/aromatic N) is 4. The minimum atomic E-state index is -0.214. The third-order valence-corrected chi connectivity index (χ3v) is 6.78. The number of carbonyl (C=O) groups excluding carboxylic acids is 1. The predicted molar refractivity (Wildman–Crippen MR) is 125 cm³/mol.